The number of imidazole rings is 1. The first-order chi connectivity index (χ1) is 17.6. The lowest BCUT2D eigenvalue weighted by atomic mass is 10.1. The predicted molar refractivity (Wildman–Crippen MR) is 132 cm³/mol. The van der Waals surface area contributed by atoms with Crippen LogP contribution in [0.5, 0.6) is 0 Å². The smallest absolute Gasteiger partial charge is 0.224 e. The van der Waals surface area contributed by atoms with Crippen molar-refractivity contribution >= 4 is 33.7 Å². The van der Waals surface area contributed by atoms with Crippen LogP contribution in [0.25, 0.3) is 55.8 Å². The number of amides is 1. The van der Waals surface area contributed by atoms with Gasteiger partial charge in [-0.3, -0.25) is 24.8 Å². The van der Waals surface area contributed by atoms with Gasteiger partial charge in [0.15, 0.2) is 11.5 Å². The Kier molecular flexibility index (Phi) is 5.14. The number of aromatic nitrogens is 8. The van der Waals surface area contributed by atoms with Crippen LogP contribution < -0.4 is 5.32 Å². The largest absolute Gasteiger partial charge is 0.335 e. The molecule has 1 amide bonds. The highest BCUT2D eigenvalue weighted by Gasteiger charge is 2.17. The van der Waals surface area contributed by atoms with Gasteiger partial charge in [0.1, 0.15) is 17.0 Å². The molecule has 0 aromatic carbocycles. The molecule has 0 aliphatic carbocycles. The van der Waals surface area contributed by atoms with Gasteiger partial charge >= 0.3 is 0 Å². The van der Waals surface area contributed by atoms with E-state index in [1.54, 1.807) is 44.1 Å². The first kappa shape index (κ1) is 21.5. The molecule has 0 saturated heterocycles. The Labute approximate surface area is 203 Å². The summed E-state index contributed by atoms with van der Waals surface area (Å²) in [4.78, 5) is 36.7. The summed E-state index contributed by atoms with van der Waals surface area (Å²) in [5.74, 6) is 0.00538. The highest BCUT2D eigenvalue weighted by molar-refractivity contribution is 5.97. The van der Waals surface area contributed by atoms with Crippen molar-refractivity contribution in [2.24, 2.45) is 0 Å². The van der Waals surface area contributed by atoms with E-state index >= 15 is 0 Å². The highest BCUT2D eigenvalue weighted by Crippen LogP contribution is 2.32. The Morgan fingerprint density at radius 2 is 1.75 bits per heavy atom. The fraction of sp³-hybridized carbons (Fsp3) is 0.0800. The normalized spacial score (nSPS) is 11.3. The van der Waals surface area contributed by atoms with Crippen molar-refractivity contribution in [2.45, 2.75) is 13.3 Å². The lowest BCUT2D eigenvalue weighted by Gasteiger charge is -2.06. The molecule has 36 heavy (non-hydrogen) atoms. The summed E-state index contributed by atoms with van der Waals surface area (Å²) in [7, 11) is 0. The van der Waals surface area contributed by atoms with Crippen LogP contribution in [0, 0.1) is 5.82 Å². The molecule has 0 radical (unpaired) electrons. The Balaban J connectivity index is 1.43. The molecule has 0 spiro atoms. The fourth-order valence-corrected chi connectivity index (χ4v) is 3.98. The van der Waals surface area contributed by atoms with Crippen molar-refractivity contribution in [1.29, 1.82) is 0 Å². The minimum absolute atomic E-state index is 0.0904. The van der Waals surface area contributed by atoms with E-state index in [1.165, 1.54) is 6.07 Å². The number of hydrogen-bond acceptors (Lipinski definition) is 7. The molecular weight excluding hydrogens is 461 g/mol. The number of fused-ring (bicyclic) bond motifs is 2. The van der Waals surface area contributed by atoms with Gasteiger partial charge in [-0.1, -0.05) is 6.92 Å². The summed E-state index contributed by atoms with van der Waals surface area (Å²) in [5.41, 5.74) is 5.90. The first-order valence-corrected chi connectivity index (χ1v) is 11.1. The standard InChI is InChI=1S/C25H18FN9O/c1-2-21(36)31-17-4-13(6-28-10-17)14-5-18-23(34-35-24(18)30-8-14)25-32-20-12-29-11-19(22(20)33-25)15-3-16(26)9-27-7-15/h3-12H,2H2,1H3,(H,31,36)(H,32,33)(H,30,34,35). The second-order valence-corrected chi connectivity index (χ2v) is 8.12. The Morgan fingerprint density at radius 3 is 2.61 bits per heavy atom. The summed E-state index contributed by atoms with van der Waals surface area (Å²) in [6, 6.07) is 5.17. The maximum Gasteiger partial charge on any atom is 0.224 e. The molecule has 0 aliphatic heterocycles. The van der Waals surface area contributed by atoms with Crippen LogP contribution in [0.1, 0.15) is 13.3 Å². The third kappa shape index (κ3) is 3.82. The van der Waals surface area contributed by atoms with Crippen LogP contribution in [0.4, 0.5) is 10.1 Å². The maximum atomic E-state index is 13.8. The molecule has 6 aromatic rings. The lowest BCUT2D eigenvalue weighted by molar-refractivity contribution is -0.115. The van der Waals surface area contributed by atoms with E-state index in [9.17, 15) is 9.18 Å². The number of rotatable bonds is 5. The van der Waals surface area contributed by atoms with E-state index in [2.05, 4.69) is 40.4 Å². The molecule has 0 unspecified atom stereocenters. The second kappa shape index (κ2) is 8.62. The molecule has 6 rings (SSSR count). The minimum atomic E-state index is -0.439. The third-order valence-corrected chi connectivity index (χ3v) is 5.73. The molecule has 6 aromatic heterocycles. The number of carbonyl (C=O) groups is 1. The summed E-state index contributed by atoms with van der Waals surface area (Å²) in [6.45, 7) is 1.79. The zero-order chi connectivity index (χ0) is 24.6. The van der Waals surface area contributed by atoms with Crippen LogP contribution in [-0.2, 0) is 4.79 Å². The van der Waals surface area contributed by atoms with Crippen LogP contribution in [0.3, 0.4) is 0 Å². The van der Waals surface area contributed by atoms with E-state index < -0.39 is 5.82 Å². The molecule has 0 aliphatic rings. The Morgan fingerprint density at radius 1 is 0.944 bits per heavy atom. The van der Waals surface area contributed by atoms with Crippen molar-refractivity contribution in [3.63, 3.8) is 0 Å². The van der Waals surface area contributed by atoms with Gasteiger partial charge in [0.05, 0.1) is 35.2 Å². The average Bonchev–Trinajstić information content (AvgIpc) is 3.52. The molecule has 0 fully saturated rings. The predicted octanol–water partition coefficient (Wildman–Crippen LogP) is 4.51. The van der Waals surface area contributed by atoms with Crippen LogP contribution in [0.2, 0.25) is 0 Å². The number of H-pyrrole nitrogens is 2. The molecule has 0 bridgehead atoms. The Hall–Kier alpha value is -5.06. The number of hydrogen-bond donors (Lipinski definition) is 3. The van der Waals surface area contributed by atoms with Crippen molar-refractivity contribution in [3.8, 4) is 33.8 Å². The number of nitrogens with one attached hydrogen (secondary N) is 3. The van der Waals surface area contributed by atoms with E-state index in [-0.39, 0.29) is 5.91 Å². The summed E-state index contributed by atoms with van der Waals surface area (Å²) < 4.78 is 13.8. The van der Waals surface area contributed by atoms with Crippen molar-refractivity contribution in [2.75, 3.05) is 5.32 Å². The summed E-state index contributed by atoms with van der Waals surface area (Å²) >= 11 is 0. The monoisotopic (exact) mass is 479 g/mol. The topological polar surface area (TPSA) is 138 Å². The third-order valence-electron chi connectivity index (χ3n) is 5.73. The fourth-order valence-electron chi connectivity index (χ4n) is 3.98. The summed E-state index contributed by atoms with van der Waals surface area (Å²) in [5, 5.41) is 10.9. The van der Waals surface area contributed by atoms with E-state index in [1.807, 2.05) is 12.1 Å². The number of halogens is 1. The summed E-state index contributed by atoms with van der Waals surface area (Å²) in [6.07, 6.45) is 11.4. The van der Waals surface area contributed by atoms with Gasteiger partial charge in [0.2, 0.25) is 5.91 Å². The van der Waals surface area contributed by atoms with Gasteiger partial charge in [-0.05, 0) is 18.2 Å². The van der Waals surface area contributed by atoms with Gasteiger partial charge in [0.25, 0.3) is 0 Å². The highest BCUT2D eigenvalue weighted by atomic mass is 19.1. The van der Waals surface area contributed by atoms with E-state index in [0.717, 1.165) is 22.7 Å². The van der Waals surface area contributed by atoms with E-state index in [0.29, 0.717) is 51.4 Å². The van der Waals surface area contributed by atoms with E-state index in [4.69, 9.17) is 4.98 Å². The maximum absolute atomic E-state index is 13.8. The van der Waals surface area contributed by atoms with Crippen molar-refractivity contribution in [3.05, 3.63) is 67.4 Å². The molecule has 11 heteroatoms. The van der Waals surface area contributed by atoms with Gasteiger partial charge in [0, 0.05) is 53.5 Å². The number of anilines is 1. The molecule has 0 saturated carbocycles. The van der Waals surface area contributed by atoms with Crippen LogP contribution >= 0.6 is 0 Å². The van der Waals surface area contributed by atoms with Gasteiger partial charge in [-0.2, -0.15) is 5.10 Å². The molecule has 176 valence electrons. The number of pyridine rings is 4. The zero-order valence-corrected chi connectivity index (χ0v) is 19.0. The van der Waals surface area contributed by atoms with Crippen LogP contribution in [-0.4, -0.2) is 46.0 Å². The lowest BCUT2D eigenvalue weighted by Crippen LogP contribution is -2.09. The molecule has 6 heterocycles. The van der Waals surface area contributed by atoms with Crippen molar-refractivity contribution < 1.29 is 9.18 Å². The van der Waals surface area contributed by atoms with Gasteiger partial charge in [-0.25, -0.2) is 14.4 Å². The van der Waals surface area contributed by atoms with Crippen molar-refractivity contribution in [1.82, 2.24) is 40.1 Å². The molecular formula is C25H18FN9O. The number of nitrogens with zero attached hydrogens (tertiary/aromatic N) is 6. The average molecular weight is 479 g/mol. The SMILES string of the molecule is CCC(=O)Nc1cncc(-c2cnc3n[nH]c(-c4nc5c(-c6cncc(F)c6)cncc5[nH]4)c3c2)c1. The second-order valence-electron chi connectivity index (χ2n) is 8.12. The molecule has 0 atom stereocenters. The number of aromatic amines is 2. The van der Waals surface area contributed by atoms with Gasteiger partial charge in [-0.15, -0.1) is 0 Å². The Bertz CT molecular complexity index is 1760. The number of carbonyl (C=O) groups excluding carboxylic acids is 1. The van der Waals surface area contributed by atoms with Crippen LogP contribution in [0.15, 0.2) is 61.6 Å². The molecule has 3 N–H and O–H groups in total. The molecule has 10 nitrogen and oxygen atoms in total. The minimum Gasteiger partial charge on any atom is -0.335 e. The zero-order valence-electron chi connectivity index (χ0n) is 19.0. The van der Waals surface area contributed by atoms with Gasteiger partial charge < -0.3 is 10.3 Å². The first-order valence-electron chi connectivity index (χ1n) is 11.1. The quantitative estimate of drug-likeness (QED) is 0.331.